The van der Waals surface area contributed by atoms with Gasteiger partial charge < -0.3 is 5.32 Å². The predicted molar refractivity (Wildman–Crippen MR) is 62.8 cm³/mol. The van der Waals surface area contributed by atoms with Crippen LogP contribution in [0, 0.1) is 0 Å². The lowest BCUT2D eigenvalue weighted by molar-refractivity contribution is -0.137. The van der Waals surface area contributed by atoms with Crippen molar-refractivity contribution in [3.05, 3.63) is 35.4 Å². The lowest BCUT2D eigenvalue weighted by atomic mass is 10.0. The van der Waals surface area contributed by atoms with E-state index in [4.69, 9.17) is 0 Å². The Labute approximate surface area is 100 Å². The lowest BCUT2D eigenvalue weighted by Gasteiger charge is -2.17. The van der Waals surface area contributed by atoms with Gasteiger partial charge in [-0.2, -0.15) is 13.2 Å². The molecule has 0 unspecified atom stereocenters. The molecule has 0 aromatic heterocycles. The predicted octanol–water partition coefficient (Wildman–Crippen LogP) is 4.16. The standard InChI is InChI=1S/C13H18F3N/c1-3-9-17-12(4-2)10-5-7-11(8-6-10)13(14,15)16/h5-8,12,17H,3-4,9H2,1-2H3/t12-/m0/s1. The van der Waals surface area contributed by atoms with Crippen molar-refractivity contribution in [3.8, 4) is 0 Å². The Morgan fingerprint density at radius 1 is 1.12 bits per heavy atom. The summed E-state index contributed by atoms with van der Waals surface area (Å²) in [6.45, 7) is 4.96. The monoisotopic (exact) mass is 245 g/mol. The van der Waals surface area contributed by atoms with Crippen LogP contribution in [0.2, 0.25) is 0 Å². The Kier molecular flexibility index (Phi) is 5.00. The van der Waals surface area contributed by atoms with Gasteiger partial charge in [0.2, 0.25) is 0 Å². The molecule has 1 aromatic rings. The Hall–Kier alpha value is -1.03. The minimum Gasteiger partial charge on any atom is -0.310 e. The van der Waals surface area contributed by atoms with Crippen LogP contribution in [0.5, 0.6) is 0 Å². The van der Waals surface area contributed by atoms with Gasteiger partial charge >= 0.3 is 6.18 Å². The smallest absolute Gasteiger partial charge is 0.310 e. The molecule has 1 nitrogen and oxygen atoms in total. The van der Waals surface area contributed by atoms with Crippen LogP contribution >= 0.6 is 0 Å². The van der Waals surface area contributed by atoms with Crippen molar-refractivity contribution >= 4 is 0 Å². The van der Waals surface area contributed by atoms with E-state index in [0.29, 0.717) is 0 Å². The molecule has 0 saturated carbocycles. The summed E-state index contributed by atoms with van der Waals surface area (Å²) in [5.41, 5.74) is 0.320. The Morgan fingerprint density at radius 3 is 2.12 bits per heavy atom. The summed E-state index contributed by atoms with van der Waals surface area (Å²) < 4.78 is 37.2. The van der Waals surface area contributed by atoms with E-state index in [0.717, 1.165) is 37.1 Å². The highest BCUT2D eigenvalue weighted by atomic mass is 19.4. The molecule has 0 amide bonds. The lowest BCUT2D eigenvalue weighted by Crippen LogP contribution is -2.21. The maximum absolute atomic E-state index is 12.4. The molecule has 4 heteroatoms. The number of alkyl halides is 3. The van der Waals surface area contributed by atoms with Crippen LogP contribution in [-0.2, 0) is 6.18 Å². The minimum atomic E-state index is -4.25. The van der Waals surface area contributed by atoms with Crippen molar-refractivity contribution in [3.63, 3.8) is 0 Å². The number of rotatable bonds is 5. The van der Waals surface area contributed by atoms with Crippen LogP contribution in [0.25, 0.3) is 0 Å². The van der Waals surface area contributed by atoms with Crippen LogP contribution in [0.3, 0.4) is 0 Å². The first-order valence-corrected chi connectivity index (χ1v) is 5.89. The Bertz CT molecular complexity index is 330. The van der Waals surface area contributed by atoms with E-state index in [1.807, 2.05) is 6.92 Å². The molecule has 0 radical (unpaired) electrons. The van der Waals surface area contributed by atoms with Crippen molar-refractivity contribution in [2.75, 3.05) is 6.54 Å². The van der Waals surface area contributed by atoms with Gasteiger partial charge in [0.05, 0.1) is 5.56 Å². The highest BCUT2D eigenvalue weighted by molar-refractivity contribution is 5.26. The summed E-state index contributed by atoms with van der Waals surface area (Å²) in [5.74, 6) is 0. The molecule has 0 aliphatic heterocycles. The largest absolute Gasteiger partial charge is 0.416 e. The topological polar surface area (TPSA) is 12.0 Å². The maximum Gasteiger partial charge on any atom is 0.416 e. The van der Waals surface area contributed by atoms with Gasteiger partial charge in [-0.05, 0) is 37.1 Å². The average Bonchev–Trinajstić information content (AvgIpc) is 2.29. The fourth-order valence-corrected chi connectivity index (χ4v) is 1.72. The third kappa shape index (κ3) is 4.04. The fraction of sp³-hybridized carbons (Fsp3) is 0.538. The van der Waals surface area contributed by atoms with E-state index < -0.39 is 11.7 Å². The molecule has 0 aliphatic carbocycles. The maximum atomic E-state index is 12.4. The molecule has 96 valence electrons. The van der Waals surface area contributed by atoms with E-state index in [2.05, 4.69) is 12.2 Å². The number of benzene rings is 1. The second-order valence-electron chi connectivity index (χ2n) is 4.03. The van der Waals surface area contributed by atoms with Crippen LogP contribution in [0.4, 0.5) is 13.2 Å². The van der Waals surface area contributed by atoms with Crippen LogP contribution in [0.1, 0.15) is 43.9 Å². The molecule has 17 heavy (non-hydrogen) atoms. The first-order valence-electron chi connectivity index (χ1n) is 5.89. The number of halogens is 3. The van der Waals surface area contributed by atoms with E-state index in [-0.39, 0.29) is 6.04 Å². The van der Waals surface area contributed by atoms with E-state index in [9.17, 15) is 13.2 Å². The summed E-state index contributed by atoms with van der Waals surface area (Å²) in [5, 5.41) is 3.31. The van der Waals surface area contributed by atoms with Crippen LogP contribution in [0.15, 0.2) is 24.3 Å². The molecular weight excluding hydrogens is 227 g/mol. The quantitative estimate of drug-likeness (QED) is 0.821. The Balaban J connectivity index is 2.78. The summed E-state index contributed by atoms with van der Waals surface area (Å²) in [4.78, 5) is 0. The second kappa shape index (κ2) is 6.05. The summed E-state index contributed by atoms with van der Waals surface area (Å²) >= 11 is 0. The molecule has 1 aromatic carbocycles. The molecule has 0 aliphatic rings. The fourth-order valence-electron chi connectivity index (χ4n) is 1.72. The molecule has 0 fully saturated rings. The van der Waals surface area contributed by atoms with Gasteiger partial charge in [-0.25, -0.2) is 0 Å². The Morgan fingerprint density at radius 2 is 1.71 bits per heavy atom. The molecule has 1 N–H and O–H groups in total. The molecule has 0 spiro atoms. The molecular formula is C13H18F3N. The first-order chi connectivity index (χ1) is 7.99. The SMILES string of the molecule is CCCN[C@@H](CC)c1ccc(C(F)(F)F)cc1. The van der Waals surface area contributed by atoms with Crippen molar-refractivity contribution in [2.45, 2.75) is 38.9 Å². The normalized spacial score (nSPS) is 13.7. The average molecular weight is 245 g/mol. The van der Waals surface area contributed by atoms with E-state index in [1.165, 1.54) is 0 Å². The van der Waals surface area contributed by atoms with E-state index in [1.54, 1.807) is 12.1 Å². The van der Waals surface area contributed by atoms with Gasteiger partial charge in [-0.15, -0.1) is 0 Å². The van der Waals surface area contributed by atoms with Crippen molar-refractivity contribution in [1.82, 2.24) is 5.32 Å². The number of hydrogen-bond acceptors (Lipinski definition) is 1. The molecule has 1 rings (SSSR count). The highest BCUT2D eigenvalue weighted by Gasteiger charge is 2.30. The van der Waals surface area contributed by atoms with Crippen LogP contribution in [-0.4, -0.2) is 6.54 Å². The van der Waals surface area contributed by atoms with Gasteiger partial charge in [0.1, 0.15) is 0 Å². The third-order valence-corrected chi connectivity index (χ3v) is 2.69. The van der Waals surface area contributed by atoms with Gasteiger partial charge in [0, 0.05) is 6.04 Å². The zero-order chi connectivity index (χ0) is 12.9. The van der Waals surface area contributed by atoms with Gasteiger partial charge in [0.15, 0.2) is 0 Å². The van der Waals surface area contributed by atoms with Gasteiger partial charge in [-0.1, -0.05) is 26.0 Å². The highest BCUT2D eigenvalue weighted by Crippen LogP contribution is 2.30. The number of hydrogen-bond donors (Lipinski definition) is 1. The summed E-state index contributed by atoms with van der Waals surface area (Å²) in [7, 11) is 0. The molecule has 0 saturated heterocycles. The minimum absolute atomic E-state index is 0.136. The number of nitrogens with one attached hydrogen (secondary N) is 1. The van der Waals surface area contributed by atoms with Crippen LogP contribution < -0.4 is 5.32 Å². The zero-order valence-corrected chi connectivity index (χ0v) is 10.1. The zero-order valence-electron chi connectivity index (χ0n) is 10.1. The third-order valence-electron chi connectivity index (χ3n) is 2.69. The van der Waals surface area contributed by atoms with Gasteiger partial charge in [-0.3, -0.25) is 0 Å². The first kappa shape index (κ1) is 14.0. The van der Waals surface area contributed by atoms with Crippen molar-refractivity contribution in [1.29, 1.82) is 0 Å². The second-order valence-corrected chi connectivity index (χ2v) is 4.03. The summed E-state index contributed by atoms with van der Waals surface area (Å²) in [6, 6.07) is 5.54. The molecule has 0 bridgehead atoms. The summed E-state index contributed by atoms with van der Waals surface area (Å²) in [6.07, 6.45) is -2.38. The van der Waals surface area contributed by atoms with Crippen molar-refractivity contribution < 1.29 is 13.2 Å². The molecule has 1 atom stereocenters. The molecule has 0 heterocycles. The van der Waals surface area contributed by atoms with E-state index >= 15 is 0 Å². The van der Waals surface area contributed by atoms with Gasteiger partial charge in [0.25, 0.3) is 0 Å². The van der Waals surface area contributed by atoms with Crippen molar-refractivity contribution in [2.24, 2.45) is 0 Å².